The van der Waals surface area contributed by atoms with E-state index in [2.05, 4.69) is 0 Å². The molecule has 0 bridgehead atoms. The predicted octanol–water partition coefficient (Wildman–Crippen LogP) is 3.39. The Kier molecular flexibility index (Phi) is 7.63. The lowest BCUT2D eigenvalue weighted by Gasteiger charge is -2.43. The average Bonchev–Trinajstić information content (AvgIpc) is 3.19. The largest absolute Gasteiger partial charge is 0.457 e. The molecular weight excluding hydrogens is 438 g/mol. The highest BCUT2D eigenvalue weighted by Crippen LogP contribution is 2.34. The molecule has 0 N–H and O–H groups in total. The van der Waals surface area contributed by atoms with E-state index in [1.54, 1.807) is 20.8 Å². The summed E-state index contributed by atoms with van der Waals surface area (Å²) < 4.78 is 23.8. The predicted molar refractivity (Wildman–Crippen MR) is 122 cm³/mol. The minimum Gasteiger partial charge on any atom is -0.457 e. The van der Waals surface area contributed by atoms with Gasteiger partial charge in [0, 0.05) is 0 Å². The van der Waals surface area contributed by atoms with Gasteiger partial charge in [-0.05, 0) is 31.9 Å². The van der Waals surface area contributed by atoms with Gasteiger partial charge in [-0.1, -0.05) is 65.7 Å². The second-order valence-corrected chi connectivity index (χ2v) is 9.42. The van der Waals surface area contributed by atoms with Crippen molar-refractivity contribution in [3.63, 3.8) is 0 Å². The molecule has 0 aliphatic carbocycles. The van der Waals surface area contributed by atoms with Crippen LogP contribution in [0.1, 0.15) is 38.3 Å². The highest BCUT2D eigenvalue weighted by Gasteiger charge is 2.54. The summed E-state index contributed by atoms with van der Waals surface area (Å²) in [5.74, 6) is -1.07. The second kappa shape index (κ2) is 10.7. The molecule has 2 aliphatic rings. The van der Waals surface area contributed by atoms with Crippen LogP contribution in [-0.2, 0) is 46.6 Å². The summed E-state index contributed by atoms with van der Waals surface area (Å²) >= 11 is 0. The molecule has 8 heteroatoms. The number of hydroxylamine groups is 2. The first-order chi connectivity index (χ1) is 16.3. The lowest BCUT2D eigenvalue weighted by atomic mass is 10.00. The van der Waals surface area contributed by atoms with Gasteiger partial charge in [-0.25, -0.2) is 4.79 Å². The Morgan fingerprint density at radius 2 is 1.62 bits per heavy atom. The fourth-order valence-corrected chi connectivity index (χ4v) is 4.01. The number of carbonyl (C=O) groups excluding carboxylic acids is 2. The summed E-state index contributed by atoms with van der Waals surface area (Å²) in [6.45, 7) is 6.19. The van der Waals surface area contributed by atoms with Crippen molar-refractivity contribution >= 4 is 11.9 Å². The number of ether oxygens (including phenoxy) is 4. The molecule has 34 heavy (non-hydrogen) atoms. The van der Waals surface area contributed by atoms with Crippen LogP contribution in [0.4, 0.5) is 0 Å². The molecule has 0 spiro atoms. The molecule has 0 amide bonds. The number of esters is 1. The quantitative estimate of drug-likeness (QED) is 0.544. The van der Waals surface area contributed by atoms with E-state index < -0.39 is 42.0 Å². The van der Waals surface area contributed by atoms with Gasteiger partial charge in [0.2, 0.25) is 6.23 Å². The van der Waals surface area contributed by atoms with Crippen molar-refractivity contribution in [3.8, 4) is 0 Å². The van der Waals surface area contributed by atoms with Gasteiger partial charge in [0.25, 0.3) is 0 Å². The Morgan fingerprint density at radius 1 is 1.00 bits per heavy atom. The maximum Gasteiger partial charge on any atom is 0.354 e. The Morgan fingerprint density at radius 3 is 2.24 bits per heavy atom. The zero-order chi connectivity index (χ0) is 24.1. The third-order valence-corrected chi connectivity index (χ3v) is 5.48. The van der Waals surface area contributed by atoms with Crippen molar-refractivity contribution in [1.82, 2.24) is 5.06 Å². The minimum atomic E-state index is -1.20. The van der Waals surface area contributed by atoms with Gasteiger partial charge < -0.3 is 23.8 Å². The maximum atomic E-state index is 12.9. The van der Waals surface area contributed by atoms with Crippen LogP contribution in [0, 0.1) is 0 Å². The Bertz CT molecular complexity index is 960. The van der Waals surface area contributed by atoms with Crippen LogP contribution in [-0.4, -0.2) is 53.7 Å². The fraction of sp³-hybridized carbons (Fsp3) is 0.462. The van der Waals surface area contributed by atoms with Crippen molar-refractivity contribution in [1.29, 1.82) is 0 Å². The third-order valence-electron chi connectivity index (χ3n) is 5.48. The van der Waals surface area contributed by atoms with Gasteiger partial charge in [0.1, 0.15) is 17.8 Å². The lowest BCUT2D eigenvalue weighted by molar-refractivity contribution is -0.309. The molecule has 2 aromatic rings. The van der Waals surface area contributed by atoms with Crippen molar-refractivity contribution in [2.24, 2.45) is 0 Å². The molecule has 0 radical (unpaired) electrons. The van der Waals surface area contributed by atoms with Crippen molar-refractivity contribution in [2.45, 2.75) is 70.5 Å². The summed E-state index contributed by atoms with van der Waals surface area (Å²) in [5.41, 5.74) is 1.28. The molecule has 2 saturated heterocycles. The first-order valence-corrected chi connectivity index (χ1v) is 11.4. The summed E-state index contributed by atoms with van der Waals surface area (Å²) in [5, 5.41) is 1.28. The van der Waals surface area contributed by atoms with Crippen LogP contribution in [0.3, 0.4) is 0 Å². The normalized spacial score (nSPS) is 25.0. The van der Waals surface area contributed by atoms with Gasteiger partial charge >= 0.3 is 11.9 Å². The fourth-order valence-electron chi connectivity index (χ4n) is 4.01. The Hall–Kier alpha value is -2.78. The van der Waals surface area contributed by atoms with E-state index >= 15 is 0 Å². The van der Waals surface area contributed by atoms with Crippen LogP contribution >= 0.6 is 0 Å². The first-order valence-electron chi connectivity index (χ1n) is 11.4. The number of carbonyl (C=O) groups is 2. The van der Waals surface area contributed by atoms with Gasteiger partial charge in [-0.15, -0.1) is 0 Å². The van der Waals surface area contributed by atoms with E-state index in [1.807, 2.05) is 60.7 Å². The van der Waals surface area contributed by atoms with Crippen molar-refractivity contribution in [2.75, 3.05) is 6.61 Å². The summed E-state index contributed by atoms with van der Waals surface area (Å²) in [6, 6.07) is 19.0. The molecule has 2 fully saturated rings. The molecule has 0 unspecified atom stereocenters. The Labute approximate surface area is 199 Å². The Balaban J connectivity index is 1.52. The minimum absolute atomic E-state index is 0.0807. The van der Waals surface area contributed by atoms with E-state index in [1.165, 1.54) is 5.06 Å². The van der Waals surface area contributed by atoms with Crippen LogP contribution in [0.25, 0.3) is 0 Å². The number of fused-ring (bicyclic) bond motifs is 1. The van der Waals surface area contributed by atoms with Crippen molar-refractivity contribution in [3.05, 3.63) is 71.8 Å². The summed E-state index contributed by atoms with van der Waals surface area (Å²) in [7, 11) is 0. The van der Waals surface area contributed by atoms with E-state index in [0.29, 0.717) is 13.2 Å². The van der Waals surface area contributed by atoms with Gasteiger partial charge in [-0.2, -0.15) is 0 Å². The van der Waals surface area contributed by atoms with Gasteiger partial charge in [-0.3, -0.25) is 4.79 Å². The summed E-state index contributed by atoms with van der Waals surface area (Å²) in [6.07, 6.45) is -2.28. The zero-order valence-electron chi connectivity index (χ0n) is 19.7. The second-order valence-electron chi connectivity index (χ2n) is 9.42. The van der Waals surface area contributed by atoms with Crippen LogP contribution in [0.5, 0.6) is 0 Å². The average molecular weight is 470 g/mol. The van der Waals surface area contributed by atoms with E-state index in [-0.39, 0.29) is 13.0 Å². The zero-order valence-corrected chi connectivity index (χ0v) is 19.7. The molecule has 0 saturated carbocycles. The molecule has 4 rings (SSSR count). The van der Waals surface area contributed by atoms with Crippen LogP contribution in [0.15, 0.2) is 60.7 Å². The molecule has 2 aromatic carbocycles. The molecular formula is C26H31NO7. The highest BCUT2D eigenvalue weighted by molar-refractivity contribution is 5.77. The monoisotopic (exact) mass is 469 g/mol. The number of hydrogen-bond acceptors (Lipinski definition) is 8. The van der Waals surface area contributed by atoms with Crippen LogP contribution < -0.4 is 0 Å². The standard InChI is InChI=1S/C26H31NO7/c1-26(2,3)33-25(29)24-27-20(14-22(28)34-27)23(31-16-19-12-8-5-9-13-19)21(32-24)17-30-15-18-10-6-4-7-11-18/h4-13,20-21,23-24H,14-17H2,1-3H3/t20-,21+,23-,24-/m0/s1. The molecule has 2 aliphatic heterocycles. The van der Waals surface area contributed by atoms with E-state index in [0.717, 1.165) is 11.1 Å². The number of rotatable bonds is 8. The maximum absolute atomic E-state index is 12.9. The van der Waals surface area contributed by atoms with Crippen molar-refractivity contribution < 1.29 is 33.4 Å². The number of benzene rings is 2. The van der Waals surface area contributed by atoms with Gasteiger partial charge in [0.15, 0.2) is 0 Å². The molecule has 0 aromatic heterocycles. The number of nitrogens with zero attached hydrogens (tertiary/aromatic N) is 1. The molecule has 8 nitrogen and oxygen atoms in total. The topological polar surface area (TPSA) is 83.5 Å². The smallest absolute Gasteiger partial charge is 0.354 e. The SMILES string of the molecule is CC(C)(C)OC(=O)[C@@H]1O[C@H](COCc2ccccc2)[C@@H](OCc2ccccc2)[C@@H]2CC(=O)ON12. The lowest BCUT2D eigenvalue weighted by Crippen LogP contribution is -2.62. The van der Waals surface area contributed by atoms with E-state index in [9.17, 15) is 9.59 Å². The third kappa shape index (κ3) is 6.21. The molecule has 182 valence electrons. The molecule has 4 atom stereocenters. The highest BCUT2D eigenvalue weighted by atomic mass is 16.8. The molecule has 2 heterocycles. The summed E-state index contributed by atoms with van der Waals surface area (Å²) in [4.78, 5) is 30.5. The first kappa shape index (κ1) is 24.3. The number of hydrogen-bond donors (Lipinski definition) is 0. The van der Waals surface area contributed by atoms with E-state index in [4.69, 9.17) is 23.8 Å². The van der Waals surface area contributed by atoms with Gasteiger partial charge in [0.05, 0.1) is 32.3 Å². The van der Waals surface area contributed by atoms with Crippen LogP contribution in [0.2, 0.25) is 0 Å².